The molecule has 1 heterocycles. The first kappa shape index (κ1) is 12.2. The summed E-state index contributed by atoms with van der Waals surface area (Å²) in [7, 11) is 0. The zero-order valence-electron chi connectivity index (χ0n) is 9.42. The second-order valence-electron chi connectivity index (χ2n) is 3.65. The molecule has 0 spiro atoms. The van der Waals surface area contributed by atoms with Crippen LogP contribution in [-0.2, 0) is 0 Å². The number of aromatic nitrogens is 1. The SMILES string of the molecule is CC(N=Nc1ccc(I)cc1)c1ccncc1. The van der Waals surface area contributed by atoms with Gasteiger partial charge < -0.3 is 0 Å². The van der Waals surface area contributed by atoms with Crippen molar-refractivity contribution in [3.8, 4) is 0 Å². The van der Waals surface area contributed by atoms with E-state index in [4.69, 9.17) is 0 Å². The number of hydrogen-bond donors (Lipinski definition) is 0. The smallest absolute Gasteiger partial charge is 0.0935 e. The molecule has 0 radical (unpaired) electrons. The Balaban J connectivity index is 2.08. The molecule has 4 heteroatoms. The number of pyridine rings is 1. The zero-order chi connectivity index (χ0) is 12.1. The minimum atomic E-state index is 0.0530. The lowest BCUT2D eigenvalue weighted by Crippen LogP contribution is -1.87. The molecule has 1 atom stereocenters. The maximum atomic E-state index is 4.29. The largest absolute Gasteiger partial charge is 0.265 e. The van der Waals surface area contributed by atoms with E-state index < -0.39 is 0 Å². The molecule has 1 aromatic heterocycles. The highest BCUT2D eigenvalue weighted by Crippen LogP contribution is 2.20. The van der Waals surface area contributed by atoms with Gasteiger partial charge >= 0.3 is 0 Å². The van der Waals surface area contributed by atoms with E-state index in [9.17, 15) is 0 Å². The van der Waals surface area contributed by atoms with Crippen LogP contribution < -0.4 is 0 Å². The number of rotatable bonds is 3. The quantitative estimate of drug-likeness (QED) is 0.599. The number of azo groups is 1. The van der Waals surface area contributed by atoms with E-state index in [1.807, 2.05) is 43.3 Å². The standard InChI is InChI=1S/C13H12IN3/c1-10(11-6-8-15-9-7-11)16-17-13-4-2-12(14)3-5-13/h2-10H,1H3. The van der Waals surface area contributed by atoms with Crippen LogP contribution in [0.25, 0.3) is 0 Å². The average Bonchev–Trinajstić information content (AvgIpc) is 2.39. The Morgan fingerprint density at radius 2 is 1.71 bits per heavy atom. The molecule has 0 saturated carbocycles. The summed E-state index contributed by atoms with van der Waals surface area (Å²) in [6.07, 6.45) is 3.54. The van der Waals surface area contributed by atoms with Crippen LogP contribution in [0.1, 0.15) is 18.5 Å². The van der Waals surface area contributed by atoms with Gasteiger partial charge in [0.2, 0.25) is 0 Å². The predicted molar refractivity (Wildman–Crippen MR) is 76.3 cm³/mol. The van der Waals surface area contributed by atoms with E-state index in [-0.39, 0.29) is 6.04 Å². The van der Waals surface area contributed by atoms with Gasteiger partial charge in [0.25, 0.3) is 0 Å². The first-order valence-electron chi connectivity index (χ1n) is 5.32. The molecule has 1 unspecified atom stereocenters. The maximum Gasteiger partial charge on any atom is 0.0935 e. The molecule has 0 aliphatic heterocycles. The van der Waals surface area contributed by atoms with E-state index in [1.165, 1.54) is 3.57 Å². The van der Waals surface area contributed by atoms with Gasteiger partial charge in [-0.25, -0.2) is 0 Å². The lowest BCUT2D eigenvalue weighted by molar-refractivity contribution is 0.762. The highest BCUT2D eigenvalue weighted by atomic mass is 127. The second-order valence-corrected chi connectivity index (χ2v) is 4.89. The van der Waals surface area contributed by atoms with Crippen LogP contribution in [0.15, 0.2) is 59.0 Å². The monoisotopic (exact) mass is 337 g/mol. The lowest BCUT2D eigenvalue weighted by atomic mass is 10.1. The normalized spacial score (nSPS) is 12.8. The molecule has 17 heavy (non-hydrogen) atoms. The zero-order valence-corrected chi connectivity index (χ0v) is 11.6. The highest BCUT2D eigenvalue weighted by molar-refractivity contribution is 14.1. The number of hydrogen-bond acceptors (Lipinski definition) is 3. The Bertz CT molecular complexity index is 494. The number of nitrogens with zero attached hydrogens (tertiary/aromatic N) is 3. The van der Waals surface area contributed by atoms with Crippen LogP contribution in [0.2, 0.25) is 0 Å². The van der Waals surface area contributed by atoms with E-state index in [0.717, 1.165) is 11.3 Å². The molecule has 3 nitrogen and oxygen atoms in total. The third-order valence-electron chi connectivity index (χ3n) is 2.36. The minimum Gasteiger partial charge on any atom is -0.265 e. The summed E-state index contributed by atoms with van der Waals surface area (Å²) in [5.74, 6) is 0. The highest BCUT2D eigenvalue weighted by Gasteiger charge is 2.01. The first-order valence-corrected chi connectivity index (χ1v) is 6.40. The van der Waals surface area contributed by atoms with Crippen molar-refractivity contribution in [1.82, 2.24) is 4.98 Å². The van der Waals surface area contributed by atoms with Crippen molar-refractivity contribution < 1.29 is 0 Å². The summed E-state index contributed by atoms with van der Waals surface area (Å²) in [4.78, 5) is 3.98. The van der Waals surface area contributed by atoms with Crippen LogP contribution in [0.3, 0.4) is 0 Å². The van der Waals surface area contributed by atoms with E-state index in [0.29, 0.717) is 0 Å². The Labute approximate surface area is 114 Å². The first-order chi connectivity index (χ1) is 8.25. The van der Waals surface area contributed by atoms with Gasteiger partial charge in [0, 0.05) is 16.0 Å². The molecule has 0 fully saturated rings. The van der Waals surface area contributed by atoms with Crippen LogP contribution in [0.4, 0.5) is 5.69 Å². The molecule has 0 saturated heterocycles. The molecule has 0 amide bonds. The molecular weight excluding hydrogens is 325 g/mol. The number of benzene rings is 1. The van der Waals surface area contributed by atoms with Crippen molar-refractivity contribution in [3.63, 3.8) is 0 Å². The third-order valence-corrected chi connectivity index (χ3v) is 3.08. The van der Waals surface area contributed by atoms with Crippen molar-refractivity contribution in [3.05, 3.63) is 57.9 Å². The topological polar surface area (TPSA) is 37.6 Å². The maximum absolute atomic E-state index is 4.29. The molecular formula is C13H12IN3. The lowest BCUT2D eigenvalue weighted by Gasteiger charge is -2.03. The van der Waals surface area contributed by atoms with Crippen molar-refractivity contribution in [1.29, 1.82) is 0 Å². The number of halogens is 1. The second kappa shape index (κ2) is 5.86. The fraction of sp³-hybridized carbons (Fsp3) is 0.154. The summed E-state index contributed by atoms with van der Waals surface area (Å²) in [5, 5.41) is 8.51. The Kier molecular flexibility index (Phi) is 4.19. The van der Waals surface area contributed by atoms with Gasteiger partial charge in [-0.1, -0.05) is 0 Å². The summed E-state index contributed by atoms with van der Waals surface area (Å²) >= 11 is 2.27. The van der Waals surface area contributed by atoms with E-state index in [2.05, 4.69) is 37.8 Å². The molecule has 2 aromatic rings. The molecule has 86 valence electrons. The molecule has 0 bridgehead atoms. The van der Waals surface area contributed by atoms with Gasteiger partial charge in [0.05, 0.1) is 11.7 Å². The van der Waals surface area contributed by atoms with Gasteiger partial charge in [-0.05, 0) is 71.5 Å². The third kappa shape index (κ3) is 3.59. The van der Waals surface area contributed by atoms with Crippen molar-refractivity contribution >= 4 is 28.3 Å². The van der Waals surface area contributed by atoms with Gasteiger partial charge in [-0.15, -0.1) is 0 Å². The van der Waals surface area contributed by atoms with Crippen LogP contribution in [-0.4, -0.2) is 4.98 Å². The molecule has 0 aliphatic carbocycles. The molecule has 0 N–H and O–H groups in total. The molecule has 0 aliphatic rings. The van der Waals surface area contributed by atoms with Crippen molar-refractivity contribution in [2.45, 2.75) is 13.0 Å². The fourth-order valence-electron chi connectivity index (χ4n) is 1.37. The average molecular weight is 337 g/mol. The fourth-order valence-corrected chi connectivity index (χ4v) is 1.73. The predicted octanol–water partition coefficient (Wildman–Crippen LogP) is 4.53. The van der Waals surface area contributed by atoms with Gasteiger partial charge in [0.1, 0.15) is 0 Å². The summed E-state index contributed by atoms with van der Waals surface area (Å²) < 4.78 is 1.20. The Morgan fingerprint density at radius 3 is 2.35 bits per heavy atom. The Morgan fingerprint density at radius 1 is 1.06 bits per heavy atom. The molecule has 1 aromatic carbocycles. The van der Waals surface area contributed by atoms with Crippen LogP contribution >= 0.6 is 22.6 Å². The van der Waals surface area contributed by atoms with E-state index >= 15 is 0 Å². The van der Waals surface area contributed by atoms with E-state index in [1.54, 1.807) is 12.4 Å². The summed E-state index contributed by atoms with van der Waals surface area (Å²) in [5.41, 5.74) is 2.00. The van der Waals surface area contributed by atoms with Gasteiger partial charge in [0.15, 0.2) is 0 Å². The summed E-state index contributed by atoms with van der Waals surface area (Å²) in [6, 6.07) is 11.9. The van der Waals surface area contributed by atoms with Gasteiger partial charge in [-0.2, -0.15) is 10.2 Å². The summed E-state index contributed by atoms with van der Waals surface area (Å²) in [6.45, 7) is 2.02. The molecule has 2 rings (SSSR count). The van der Waals surface area contributed by atoms with Gasteiger partial charge in [-0.3, -0.25) is 4.98 Å². The van der Waals surface area contributed by atoms with Crippen LogP contribution in [0.5, 0.6) is 0 Å². The Hall–Kier alpha value is -1.30. The van der Waals surface area contributed by atoms with Crippen molar-refractivity contribution in [2.24, 2.45) is 10.2 Å². The van der Waals surface area contributed by atoms with Crippen molar-refractivity contribution in [2.75, 3.05) is 0 Å². The minimum absolute atomic E-state index is 0.0530. The van der Waals surface area contributed by atoms with Crippen LogP contribution in [0, 0.1) is 3.57 Å².